The summed E-state index contributed by atoms with van der Waals surface area (Å²) in [5.41, 5.74) is -0.495. The van der Waals surface area contributed by atoms with Gasteiger partial charge in [0.05, 0.1) is 11.1 Å². The molecule has 0 aliphatic heterocycles. The first-order valence-electron chi connectivity index (χ1n) is 8.30. The van der Waals surface area contributed by atoms with Crippen molar-refractivity contribution in [2.75, 3.05) is 11.4 Å². The zero-order chi connectivity index (χ0) is 19.7. The Morgan fingerprint density at radius 2 is 1.93 bits per heavy atom. The molecular weight excluding hydrogens is 379 g/mol. The molecule has 0 fully saturated rings. The first-order chi connectivity index (χ1) is 12.9. The van der Waals surface area contributed by atoms with Crippen LogP contribution in [-0.2, 0) is 0 Å². The van der Waals surface area contributed by atoms with Crippen LogP contribution in [0, 0.1) is 17.5 Å². The molecule has 0 aliphatic carbocycles. The minimum absolute atomic E-state index is 0.0215. The number of aromatic nitrogens is 4. The molecule has 9 heteroatoms. The Morgan fingerprint density at radius 3 is 2.52 bits per heavy atom. The summed E-state index contributed by atoms with van der Waals surface area (Å²) in [7, 11) is 0. The lowest BCUT2D eigenvalue weighted by atomic mass is 10.0. The van der Waals surface area contributed by atoms with Crippen molar-refractivity contribution in [2.45, 2.75) is 26.3 Å². The molecule has 1 atom stereocenters. The second-order valence-corrected chi connectivity index (χ2v) is 6.37. The Bertz CT molecular complexity index is 981. The van der Waals surface area contributed by atoms with Crippen LogP contribution in [0.4, 0.5) is 19.0 Å². The SMILES string of the molecule is C=CCN(c1c(-c2c(F)cc(F)cc2F)c(Cl)nc2ncnn12)C(C)CC. The molecule has 2 heterocycles. The van der Waals surface area contributed by atoms with Gasteiger partial charge in [-0.15, -0.1) is 6.58 Å². The summed E-state index contributed by atoms with van der Waals surface area (Å²) in [5.74, 6) is -2.70. The number of benzene rings is 1. The van der Waals surface area contributed by atoms with Gasteiger partial charge in [-0.25, -0.2) is 13.2 Å². The van der Waals surface area contributed by atoms with Crippen LogP contribution in [0.1, 0.15) is 20.3 Å². The molecule has 0 saturated carbocycles. The third-order valence-electron chi connectivity index (χ3n) is 4.34. The van der Waals surface area contributed by atoms with Crippen molar-refractivity contribution < 1.29 is 13.2 Å². The molecule has 0 saturated heterocycles. The summed E-state index contributed by atoms with van der Waals surface area (Å²) in [5, 5.41) is 3.97. The summed E-state index contributed by atoms with van der Waals surface area (Å²) in [6, 6.07) is 1.16. The number of hydrogen-bond donors (Lipinski definition) is 0. The van der Waals surface area contributed by atoms with Crippen molar-refractivity contribution in [3.05, 3.63) is 53.7 Å². The predicted molar refractivity (Wildman–Crippen MR) is 98.4 cm³/mol. The van der Waals surface area contributed by atoms with Crippen molar-refractivity contribution in [2.24, 2.45) is 0 Å². The van der Waals surface area contributed by atoms with Crippen LogP contribution in [0.3, 0.4) is 0 Å². The Balaban J connectivity index is 2.43. The van der Waals surface area contributed by atoms with E-state index in [0.717, 1.165) is 6.42 Å². The van der Waals surface area contributed by atoms with Crippen LogP contribution >= 0.6 is 11.6 Å². The van der Waals surface area contributed by atoms with E-state index in [9.17, 15) is 13.2 Å². The summed E-state index contributed by atoms with van der Waals surface area (Å²) in [4.78, 5) is 9.95. The van der Waals surface area contributed by atoms with Crippen LogP contribution in [-0.4, -0.2) is 32.2 Å². The summed E-state index contributed by atoms with van der Waals surface area (Å²) in [6.07, 6.45) is 3.66. The topological polar surface area (TPSA) is 46.3 Å². The molecular formula is C18H17ClF3N5. The van der Waals surface area contributed by atoms with Crippen LogP contribution in [0.5, 0.6) is 0 Å². The van der Waals surface area contributed by atoms with Gasteiger partial charge < -0.3 is 4.90 Å². The molecule has 27 heavy (non-hydrogen) atoms. The maximum absolute atomic E-state index is 14.6. The van der Waals surface area contributed by atoms with Gasteiger partial charge in [0.2, 0.25) is 0 Å². The van der Waals surface area contributed by atoms with Crippen molar-refractivity contribution in [3.8, 4) is 11.1 Å². The lowest BCUT2D eigenvalue weighted by Gasteiger charge is -2.31. The van der Waals surface area contributed by atoms with Crippen molar-refractivity contribution >= 4 is 23.2 Å². The van der Waals surface area contributed by atoms with Crippen LogP contribution in [0.15, 0.2) is 31.1 Å². The van der Waals surface area contributed by atoms with Gasteiger partial charge in [-0.05, 0) is 13.3 Å². The Labute approximate surface area is 159 Å². The van der Waals surface area contributed by atoms with E-state index in [4.69, 9.17) is 11.6 Å². The van der Waals surface area contributed by atoms with E-state index in [1.54, 1.807) is 6.08 Å². The molecule has 3 aromatic rings. The highest BCUT2D eigenvalue weighted by Gasteiger charge is 2.28. The molecule has 1 aromatic carbocycles. The number of halogens is 4. The van der Waals surface area contributed by atoms with Gasteiger partial charge >= 0.3 is 0 Å². The van der Waals surface area contributed by atoms with Gasteiger partial charge in [0.1, 0.15) is 34.7 Å². The molecule has 3 rings (SSSR count). The summed E-state index contributed by atoms with van der Waals surface area (Å²) in [6.45, 7) is 8.03. The molecule has 2 aromatic heterocycles. The lowest BCUT2D eigenvalue weighted by molar-refractivity contribution is 0.547. The fourth-order valence-electron chi connectivity index (χ4n) is 2.90. The van der Waals surface area contributed by atoms with E-state index in [-0.39, 0.29) is 22.5 Å². The van der Waals surface area contributed by atoms with Gasteiger partial charge in [-0.2, -0.15) is 19.6 Å². The minimum atomic E-state index is -1.08. The lowest BCUT2D eigenvalue weighted by Crippen LogP contribution is -2.35. The molecule has 142 valence electrons. The zero-order valence-electron chi connectivity index (χ0n) is 14.8. The van der Waals surface area contributed by atoms with Crippen LogP contribution < -0.4 is 4.90 Å². The highest BCUT2D eigenvalue weighted by Crippen LogP contribution is 2.40. The molecule has 5 nitrogen and oxygen atoms in total. The van der Waals surface area contributed by atoms with Gasteiger partial charge in [0.15, 0.2) is 0 Å². The standard InChI is InChI=1S/C18H17ClF3N5/c1-4-6-26(10(3)5-2)17-15(14-12(21)7-11(20)8-13(14)22)16(19)25-18-23-9-24-27(17)18/h4,7-10H,1,5-6H2,2-3H3. The van der Waals surface area contributed by atoms with Crippen LogP contribution in [0.2, 0.25) is 5.15 Å². The van der Waals surface area contributed by atoms with Crippen molar-refractivity contribution in [1.82, 2.24) is 19.6 Å². The fraction of sp³-hybridized carbons (Fsp3) is 0.278. The molecule has 0 N–H and O–H groups in total. The molecule has 1 unspecified atom stereocenters. The normalized spacial score (nSPS) is 12.4. The van der Waals surface area contributed by atoms with Crippen molar-refractivity contribution in [1.29, 1.82) is 0 Å². The largest absolute Gasteiger partial charge is 0.349 e. The molecule has 0 aliphatic rings. The second kappa shape index (κ2) is 7.56. The van der Waals surface area contributed by atoms with E-state index in [0.29, 0.717) is 24.5 Å². The number of rotatable bonds is 6. The monoisotopic (exact) mass is 395 g/mol. The first kappa shape index (κ1) is 19.2. The number of hydrogen-bond acceptors (Lipinski definition) is 4. The van der Waals surface area contributed by atoms with E-state index >= 15 is 0 Å². The highest BCUT2D eigenvalue weighted by molar-refractivity contribution is 6.33. The quantitative estimate of drug-likeness (QED) is 0.450. The molecule has 0 spiro atoms. The van der Waals surface area contributed by atoms with E-state index in [1.807, 2.05) is 18.7 Å². The fourth-order valence-corrected chi connectivity index (χ4v) is 3.15. The maximum Gasteiger partial charge on any atom is 0.255 e. The molecule has 0 amide bonds. The van der Waals surface area contributed by atoms with Crippen LogP contribution in [0.25, 0.3) is 16.9 Å². The van der Waals surface area contributed by atoms with Crippen molar-refractivity contribution in [3.63, 3.8) is 0 Å². The van der Waals surface area contributed by atoms with Gasteiger partial charge in [-0.1, -0.05) is 24.6 Å². The average molecular weight is 396 g/mol. The number of nitrogens with zero attached hydrogens (tertiary/aromatic N) is 5. The number of fused-ring (bicyclic) bond motifs is 1. The molecule has 0 radical (unpaired) electrons. The Hall–Kier alpha value is -2.61. The van der Waals surface area contributed by atoms with E-state index in [1.165, 1.54) is 10.8 Å². The summed E-state index contributed by atoms with van der Waals surface area (Å²) >= 11 is 6.30. The smallest absolute Gasteiger partial charge is 0.255 e. The van der Waals surface area contributed by atoms with E-state index < -0.39 is 23.0 Å². The maximum atomic E-state index is 14.6. The zero-order valence-corrected chi connectivity index (χ0v) is 15.5. The third kappa shape index (κ3) is 3.37. The average Bonchev–Trinajstić information content (AvgIpc) is 3.06. The minimum Gasteiger partial charge on any atom is -0.349 e. The summed E-state index contributed by atoms with van der Waals surface area (Å²) < 4.78 is 43.9. The van der Waals surface area contributed by atoms with Gasteiger partial charge in [-0.3, -0.25) is 0 Å². The van der Waals surface area contributed by atoms with Gasteiger partial charge in [0, 0.05) is 24.7 Å². The Morgan fingerprint density at radius 1 is 1.26 bits per heavy atom. The predicted octanol–water partition coefficient (Wildman–Crippen LogP) is 4.65. The third-order valence-corrected chi connectivity index (χ3v) is 4.61. The van der Waals surface area contributed by atoms with E-state index in [2.05, 4.69) is 21.6 Å². The highest BCUT2D eigenvalue weighted by atomic mass is 35.5. The first-order valence-corrected chi connectivity index (χ1v) is 8.68. The number of anilines is 1. The second-order valence-electron chi connectivity index (χ2n) is 6.02. The molecule has 0 bridgehead atoms. The van der Waals surface area contributed by atoms with Gasteiger partial charge in [0.25, 0.3) is 5.78 Å². The Kier molecular flexibility index (Phi) is 5.36.